The molecule has 1 aliphatic heterocycles. The van der Waals surface area contributed by atoms with Gasteiger partial charge in [-0.2, -0.15) is 0 Å². The van der Waals surface area contributed by atoms with Crippen molar-refractivity contribution in [3.05, 3.63) is 77.2 Å². The van der Waals surface area contributed by atoms with Crippen LogP contribution in [-0.4, -0.2) is 37.2 Å². The lowest BCUT2D eigenvalue weighted by Crippen LogP contribution is -2.37. The van der Waals surface area contributed by atoms with Gasteiger partial charge in [0.05, 0.1) is 24.4 Å². The van der Waals surface area contributed by atoms with Gasteiger partial charge in [0.25, 0.3) is 5.91 Å². The van der Waals surface area contributed by atoms with Crippen LogP contribution in [0.15, 0.2) is 59.1 Å². The Morgan fingerprint density at radius 3 is 2.54 bits per heavy atom. The van der Waals surface area contributed by atoms with Crippen LogP contribution in [0.3, 0.4) is 0 Å². The maximum Gasteiger partial charge on any atom is 0.308 e. The lowest BCUT2D eigenvalue weighted by Gasteiger charge is -2.33. The number of hydrogen-bond donors (Lipinski definition) is 2. The zero-order chi connectivity index (χ0) is 24.8. The number of carbonyl (C=O) groups excluding carboxylic acids is 2. The number of esters is 1. The summed E-state index contributed by atoms with van der Waals surface area (Å²) in [6.45, 7) is 5.93. The number of benzene rings is 2. The van der Waals surface area contributed by atoms with Gasteiger partial charge in [-0.15, -0.1) is 0 Å². The Labute approximate surface area is 205 Å². The van der Waals surface area contributed by atoms with Gasteiger partial charge in [-0.25, -0.2) is 0 Å². The van der Waals surface area contributed by atoms with E-state index in [0.29, 0.717) is 43.9 Å². The van der Waals surface area contributed by atoms with Gasteiger partial charge in [-0.1, -0.05) is 41.6 Å². The van der Waals surface area contributed by atoms with E-state index in [1.54, 1.807) is 13.0 Å². The summed E-state index contributed by atoms with van der Waals surface area (Å²) < 4.78 is 9.98. The topological polar surface area (TPSA) is 96.7 Å². The molecule has 1 aromatic heterocycles. The molecule has 2 aromatic carbocycles. The second kappa shape index (κ2) is 11.2. The summed E-state index contributed by atoms with van der Waals surface area (Å²) in [4.78, 5) is 27.0. The van der Waals surface area contributed by atoms with Crippen LogP contribution in [0.5, 0.6) is 0 Å². The van der Waals surface area contributed by atoms with Gasteiger partial charge >= 0.3 is 5.97 Å². The fraction of sp³-hybridized carbons (Fsp3) is 0.370. The zero-order valence-corrected chi connectivity index (χ0v) is 20.4. The first-order valence-corrected chi connectivity index (χ1v) is 11.9. The summed E-state index contributed by atoms with van der Waals surface area (Å²) >= 11 is 0. The summed E-state index contributed by atoms with van der Waals surface area (Å²) in [7, 11) is 1.43. The minimum atomic E-state index is -0.324. The number of nitrogens with zero attached hydrogens (tertiary/aromatic N) is 2. The summed E-state index contributed by atoms with van der Waals surface area (Å²) in [6.07, 6.45) is 1.42. The molecule has 0 bridgehead atoms. The molecule has 184 valence electrons. The largest absolute Gasteiger partial charge is 0.469 e. The molecule has 8 nitrogen and oxygen atoms in total. The number of methoxy groups -OCH3 is 1. The zero-order valence-electron chi connectivity index (χ0n) is 20.4. The Kier molecular flexibility index (Phi) is 7.82. The van der Waals surface area contributed by atoms with E-state index in [1.165, 1.54) is 12.7 Å². The molecule has 1 saturated heterocycles. The van der Waals surface area contributed by atoms with Gasteiger partial charge in [-0.05, 0) is 49.9 Å². The molecule has 0 spiro atoms. The van der Waals surface area contributed by atoms with Crippen molar-refractivity contribution in [2.45, 2.75) is 39.3 Å². The van der Waals surface area contributed by atoms with Crippen LogP contribution in [-0.2, 0) is 16.1 Å². The predicted molar refractivity (Wildman–Crippen MR) is 134 cm³/mol. The van der Waals surface area contributed by atoms with Gasteiger partial charge in [0.15, 0.2) is 5.69 Å². The number of carbonyl (C=O) groups is 2. The number of amides is 1. The van der Waals surface area contributed by atoms with E-state index >= 15 is 0 Å². The molecular weight excluding hydrogens is 444 g/mol. The van der Waals surface area contributed by atoms with Crippen molar-refractivity contribution in [2.24, 2.45) is 5.92 Å². The lowest BCUT2D eigenvalue weighted by molar-refractivity contribution is -0.146. The molecule has 0 radical (unpaired) electrons. The average molecular weight is 477 g/mol. The van der Waals surface area contributed by atoms with Crippen LogP contribution in [0.1, 0.15) is 53.2 Å². The molecule has 3 aromatic rings. The standard InChI is InChI=1S/C27H32N4O4/c1-18-15-24(30-35-18)26(32)29-23-16-20(17-28-19(2)21-7-5-4-6-8-21)9-10-25(23)31-13-11-22(12-14-31)27(33)34-3/h4-10,15-16,19,22,28H,11-14,17H2,1-3H3,(H,29,32)/t19-/m1/s1. The highest BCUT2D eigenvalue weighted by Gasteiger charge is 2.27. The molecule has 35 heavy (non-hydrogen) atoms. The Morgan fingerprint density at radius 2 is 1.89 bits per heavy atom. The maximum absolute atomic E-state index is 12.9. The summed E-state index contributed by atoms with van der Waals surface area (Å²) in [5.74, 6) is 0.00676. The van der Waals surface area contributed by atoms with Crippen molar-refractivity contribution in [1.82, 2.24) is 10.5 Å². The average Bonchev–Trinajstić information content (AvgIpc) is 3.34. The minimum absolute atomic E-state index is 0.0876. The lowest BCUT2D eigenvalue weighted by atomic mass is 9.96. The number of aromatic nitrogens is 1. The first kappa shape index (κ1) is 24.5. The van der Waals surface area contributed by atoms with E-state index in [2.05, 4.69) is 45.8 Å². The van der Waals surface area contributed by atoms with Crippen molar-refractivity contribution < 1.29 is 18.8 Å². The molecule has 0 unspecified atom stereocenters. The monoisotopic (exact) mass is 476 g/mol. The van der Waals surface area contributed by atoms with Crippen molar-refractivity contribution in [2.75, 3.05) is 30.4 Å². The van der Waals surface area contributed by atoms with Gasteiger partial charge < -0.3 is 24.8 Å². The van der Waals surface area contributed by atoms with Crippen LogP contribution in [0.25, 0.3) is 0 Å². The quantitative estimate of drug-likeness (QED) is 0.463. The number of aryl methyl sites for hydroxylation is 1. The number of rotatable bonds is 8. The third-order valence-electron chi connectivity index (χ3n) is 6.45. The highest BCUT2D eigenvalue weighted by molar-refractivity contribution is 6.04. The van der Waals surface area contributed by atoms with E-state index in [4.69, 9.17) is 9.26 Å². The Morgan fingerprint density at radius 1 is 1.14 bits per heavy atom. The second-order valence-corrected chi connectivity index (χ2v) is 8.93. The van der Waals surface area contributed by atoms with Crippen molar-refractivity contribution in [3.63, 3.8) is 0 Å². The molecule has 0 saturated carbocycles. The number of nitrogens with one attached hydrogen (secondary N) is 2. The number of piperidine rings is 1. The molecule has 1 fully saturated rings. The number of hydrogen-bond acceptors (Lipinski definition) is 7. The normalized spacial score (nSPS) is 15.0. The number of anilines is 2. The molecule has 2 N–H and O–H groups in total. The van der Waals surface area contributed by atoms with Gasteiger partial charge in [0.2, 0.25) is 0 Å². The van der Waals surface area contributed by atoms with Crippen molar-refractivity contribution in [3.8, 4) is 0 Å². The Bertz CT molecular complexity index is 1150. The molecule has 1 aliphatic rings. The first-order valence-electron chi connectivity index (χ1n) is 11.9. The van der Waals surface area contributed by atoms with Crippen LogP contribution >= 0.6 is 0 Å². The molecule has 1 amide bonds. The molecule has 2 heterocycles. The van der Waals surface area contributed by atoms with Crippen LogP contribution in [0.2, 0.25) is 0 Å². The van der Waals surface area contributed by atoms with E-state index in [-0.39, 0.29) is 29.5 Å². The van der Waals surface area contributed by atoms with Crippen LogP contribution in [0, 0.1) is 12.8 Å². The molecule has 8 heteroatoms. The smallest absolute Gasteiger partial charge is 0.308 e. The van der Waals surface area contributed by atoms with E-state index < -0.39 is 0 Å². The first-order chi connectivity index (χ1) is 16.9. The highest BCUT2D eigenvalue weighted by atomic mass is 16.5. The fourth-order valence-corrected chi connectivity index (χ4v) is 4.38. The van der Waals surface area contributed by atoms with E-state index in [9.17, 15) is 9.59 Å². The molecule has 1 atom stereocenters. The molecular formula is C27H32N4O4. The van der Waals surface area contributed by atoms with Crippen molar-refractivity contribution in [1.29, 1.82) is 0 Å². The van der Waals surface area contributed by atoms with Crippen molar-refractivity contribution >= 4 is 23.3 Å². The molecule has 0 aliphatic carbocycles. The van der Waals surface area contributed by atoms with Gasteiger partial charge in [-0.3, -0.25) is 9.59 Å². The molecule has 4 rings (SSSR count). The summed E-state index contributed by atoms with van der Waals surface area (Å²) in [5.41, 5.74) is 4.12. The van der Waals surface area contributed by atoms with E-state index in [1.807, 2.05) is 30.3 Å². The van der Waals surface area contributed by atoms with Gasteiger partial charge in [0, 0.05) is 31.7 Å². The highest BCUT2D eigenvalue weighted by Crippen LogP contribution is 2.32. The third-order valence-corrected chi connectivity index (χ3v) is 6.45. The second-order valence-electron chi connectivity index (χ2n) is 8.93. The fourth-order valence-electron chi connectivity index (χ4n) is 4.38. The van der Waals surface area contributed by atoms with E-state index in [0.717, 1.165) is 11.3 Å². The third kappa shape index (κ3) is 6.08. The predicted octanol–water partition coefficient (Wildman–Crippen LogP) is 4.48. The summed E-state index contributed by atoms with van der Waals surface area (Å²) in [5, 5.41) is 10.4. The van der Waals surface area contributed by atoms with Crippen LogP contribution in [0.4, 0.5) is 11.4 Å². The SMILES string of the molecule is COC(=O)C1CCN(c2ccc(CN[C@H](C)c3ccccc3)cc2NC(=O)c2cc(C)on2)CC1. The minimum Gasteiger partial charge on any atom is -0.469 e. The maximum atomic E-state index is 12.9. The number of ether oxygens (including phenoxy) is 1. The Hall–Kier alpha value is -3.65. The Balaban J connectivity index is 1.52. The van der Waals surface area contributed by atoms with Crippen LogP contribution < -0.4 is 15.5 Å². The van der Waals surface area contributed by atoms with Gasteiger partial charge in [0.1, 0.15) is 5.76 Å². The summed E-state index contributed by atoms with van der Waals surface area (Å²) in [6, 6.07) is 18.2.